The Kier molecular flexibility index (Phi) is 7.29. The van der Waals surface area contributed by atoms with Crippen LogP contribution in [0.2, 0.25) is 0 Å². The molecule has 8 heteroatoms. The van der Waals surface area contributed by atoms with Gasteiger partial charge in [-0.15, -0.1) is 0 Å². The maximum atomic E-state index is 13.3. The van der Waals surface area contributed by atoms with Crippen LogP contribution in [0.25, 0.3) is 5.76 Å². The molecule has 37 heavy (non-hydrogen) atoms. The molecule has 8 nitrogen and oxygen atoms in total. The van der Waals surface area contributed by atoms with Crippen LogP contribution in [0.4, 0.5) is 5.69 Å². The number of ether oxygens (including phenoxy) is 3. The molecule has 0 radical (unpaired) electrons. The molecular formula is C29H27NO7. The first-order chi connectivity index (χ1) is 17.7. The van der Waals surface area contributed by atoms with Crippen LogP contribution in [0.15, 0.2) is 78.4 Å². The smallest absolute Gasteiger partial charge is 0.308 e. The van der Waals surface area contributed by atoms with Gasteiger partial charge in [-0.25, -0.2) is 0 Å². The molecule has 1 heterocycles. The Bertz CT molecular complexity index is 1360. The summed E-state index contributed by atoms with van der Waals surface area (Å²) in [5, 5.41) is 11.3. The molecule has 1 saturated heterocycles. The Morgan fingerprint density at radius 1 is 0.919 bits per heavy atom. The highest BCUT2D eigenvalue weighted by atomic mass is 16.5. The Labute approximate surface area is 214 Å². The summed E-state index contributed by atoms with van der Waals surface area (Å²) >= 11 is 0. The van der Waals surface area contributed by atoms with Gasteiger partial charge in [0, 0.05) is 18.2 Å². The Hall–Kier alpha value is -4.59. The van der Waals surface area contributed by atoms with Crippen LogP contribution < -0.4 is 19.1 Å². The van der Waals surface area contributed by atoms with E-state index < -0.39 is 23.7 Å². The zero-order chi connectivity index (χ0) is 26.7. The molecule has 190 valence electrons. The van der Waals surface area contributed by atoms with Gasteiger partial charge in [0.2, 0.25) is 0 Å². The number of aliphatic hydroxyl groups excluding tert-OH is 1. The van der Waals surface area contributed by atoms with E-state index in [-0.39, 0.29) is 23.2 Å². The normalized spacial score (nSPS) is 16.7. The monoisotopic (exact) mass is 501 g/mol. The van der Waals surface area contributed by atoms with Crippen molar-refractivity contribution in [2.75, 3.05) is 12.0 Å². The minimum absolute atomic E-state index is 0.0289. The molecule has 3 aromatic rings. The van der Waals surface area contributed by atoms with Crippen LogP contribution in [0, 0.1) is 0 Å². The van der Waals surface area contributed by atoms with Crippen molar-refractivity contribution in [2.45, 2.75) is 32.9 Å². The number of aliphatic hydroxyl groups is 1. The molecule has 0 aromatic heterocycles. The van der Waals surface area contributed by atoms with Crippen LogP contribution in [0.1, 0.15) is 37.9 Å². The second-order valence-corrected chi connectivity index (χ2v) is 8.72. The first-order valence-corrected chi connectivity index (χ1v) is 11.7. The van der Waals surface area contributed by atoms with E-state index in [1.54, 1.807) is 72.8 Å². The number of methoxy groups -OCH3 is 1. The molecular weight excluding hydrogens is 474 g/mol. The van der Waals surface area contributed by atoms with Crippen molar-refractivity contribution in [3.8, 4) is 17.2 Å². The van der Waals surface area contributed by atoms with Crippen LogP contribution in [-0.2, 0) is 14.4 Å². The van der Waals surface area contributed by atoms with Gasteiger partial charge in [0.15, 0.2) is 0 Å². The quantitative estimate of drug-likeness (QED) is 0.159. The fourth-order valence-electron chi connectivity index (χ4n) is 4.19. The van der Waals surface area contributed by atoms with E-state index >= 15 is 0 Å². The lowest BCUT2D eigenvalue weighted by Gasteiger charge is -2.26. The van der Waals surface area contributed by atoms with Gasteiger partial charge in [-0.1, -0.05) is 12.1 Å². The predicted molar refractivity (Wildman–Crippen MR) is 138 cm³/mol. The number of rotatable bonds is 7. The second kappa shape index (κ2) is 10.6. The van der Waals surface area contributed by atoms with Gasteiger partial charge in [0.1, 0.15) is 23.0 Å². The third-order valence-electron chi connectivity index (χ3n) is 5.73. The van der Waals surface area contributed by atoms with Crippen molar-refractivity contribution < 1.29 is 33.7 Å². The highest BCUT2D eigenvalue weighted by Gasteiger charge is 2.47. The van der Waals surface area contributed by atoms with Gasteiger partial charge < -0.3 is 19.3 Å². The Morgan fingerprint density at radius 2 is 1.57 bits per heavy atom. The summed E-state index contributed by atoms with van der Waals surface area (Å²) in [5.74, 6) is -1.03. The third-order valence-corrected chi connectivity index (χ3v) is 5.73. The summed E-state index contributed by atoms with van der Waals surface area (Å²) in [7, 11) is 1.53. The fraction of sp³-hybridized carbons (Fsp3) is 0.207. The maximum absolute atomic E-state index is 13.3. The van der Waals surface area contributed by atoms with Gasteiger partial charge in [-0.2, -0.15) is 0 Å². The number of amides is 1. The van der Waals surface area contributed by atoms with Gasteiger partial charge in [-0.05, 0) is 80.1 Å². The number of anilines is 1. The summed E-state index contributed by atoms with van der Waals surface area (Å²) in [6, 6.07) is 18.8. The Morgan fingerprint density at radius 3 is 2.16 bits per heavy atom. The number of hydrogen-bond acceptors (Lipinski definition) is 7. The highest BCUT2D eigenvalue weighted by molar-refractivity contribution is 6.51. The molecule has 1 aliphatic rings. The zero-order valence-corrected chi connectivity index (χ0v) is 20.9. The average molecular weight is 502 g/mol. The van der Waals surface area contributed by atoms with Crippen LogP contribution >= 0.6 is 0 Å². The van der Waals surface area contributed by atoms with Gasteiger partial charge in [-0.3, -0.25) is 19.3 Å². The largest absolute Gasteiger partial charge is 0.507 e. The summed E-state index contributed by atoms with van der Waals surface area (Å²) in [6.07, 6.45) is -0.0289. The summed E-state index contributed by atoms with van der Waals surface area (Å²) in [4.78, 5) is 39.5. The molecule has 1 atom stereocenters. The number of ketones is 1. The number of carbonyl (C=O) groups excluding carboxylic acids is 3. The van der Waals surface area contributed by atoms with Crippen molar-refractivity contribution >= 4 is 29.1 Å². The van der Waals surface area contributed by atoms with Crippen molar-refractivity contribution in [2.24, 2.45) is 0 Å². The van der Waals surface area contributed by atoms with Crippen molar-refractivity contribution in [1.29, 1.82) is 0 Å². The van der Waals surface area contributed by atoms with E-state index in [0.717, 1.165) is 0 Å². The summed E-state index contributed by atoms with van der Waals surface area (Å²) in [5.41, 5.74) is 1.18. The van der Waals surface area contributed by atoms with Crippen molar-refractivity contribution in [1.82, 2.24) is 0 Å². The molecule has 0 saturated carbocycles. The number of Topliss-reactive ketones (excluding diaryl/α,β-unsaturated/α-hetero) is 1. The molecule has 0 bridgehead atoms. The predicted octanol–water partition coefficient (Wildman–Crippen LogP) is 5.03. The topological polar surface area (TPSA) is 102 Å². The molecule has 1 amide bonds. The lowest BCUT2D eigenvalue weighted by molar-refractivity contribution is -0.132. The lowest BCUT2D eigenvalue weighted by Crippen LogP contribution is -2.29. The minimum atomic E-state index is -0.976. The van der Waals surface area contributed by atoms with E-state index in [4.69, 9.17) is 14.2 Å². The first kappa shape index (κ1) is 25.5. The van der Waals surface area contributed by atoms with Crippen LogP contribution in [-0.4, -0.2) is 36.0 Å². The van der Waals surface area contributed by atoms with E-state index in [0.29, 0.717) is 28.3 Å². The Balaban J connectivity index is 1.87. The standard InChI is InChI=1S/C29H27NO7/c1-17(2)36-23-12-8-19(9-13-23)27(32)25-26(20-6-5-7-24(16-20)37-18(3)31)30(29(34)28(25)33)21-10-14-22(35-4)15-11-21/h5-17,26,32H,1-4H3/b27-25-. The van der Waals surface area contributed by atoms with Crippen LogP contribution in [0.3, 0.4) is 0 Å². The van der Waals surface area contributed by atoms with E-state index in [9.17, 15) is 19.5 Å². The summed E-state index contributed by atoms with van der Waals surface area (Å²) in [6.45, 7) is 5.08. The maximum Gasteiger partial charge on any atom is 0.308 e. The van der Waals surface area contributed by atoms with Gasteiger partial charge in [0.05, 0.1) is 24.8 Å². The fourth-order valence-corrected chi connectivity index (χ4v) is 4.19. The number of hydrogen-bond donors (Lipinski definition) is 1. The highest BCUT2D eigenvalue weighted by Crippen LogP contribution is 2.43. The number of benzene rings is 3. The molecule has 1 fully saturated rings. The number of nitrogens with zero attached hydrogens (tertiary/aromatic N) is 1. The number of carbonyl (C=O) groups is 3. The number of esters is 1. The average Bonchev–Trinajstić information content (AvgIpc) is 3.14. The first-order valence-electron chi connectivity index (χ1n) is 11.7. The molecule has 1 unspecified atom stereocenters. The van der Waals surface area contributed by atoms with E-state index in [2.05, 4.69) is 0 Å². The second-order valence-electron chi connectivity index (χ2n) is 8.72. The minimum Gasteiger partial charge on any atom is -0.507 e. The molecule has 0 aliphatic carbocycles. The van der Waals surface area contributed by atoms with Gasteiger partial charge >= 0.3 is 5.97 Å². The van der Waals surface area contributed by atoms with Gasteiger partial charge in [0.25, 0.3) is 11.7 Å². The molecule has 0 spiro atoms. The zero-order valence-electron chi connectivity index (χ0n) is 20.9. The molecule has 1 aliphatic heterocycles. The molecule has 1 N–H and O–H groups in total. The molecule has 4 rings (SSSR count). The molecule has 3 aromatic carbocycles. The summed E-state index contributed by atoms with van der Waals surface area (Å²) < 4.78 is 16.1. The lowest BCUT2D eigenvalue weighted by atomic mass is 9.95. The third kappa shape index (κ3) is 5.33. The SMILES string of the molecule is COc1ccc(N2C(=O)C(=O)/C(=C(\O)c3ccc(OC(C)C)cc3)C2c2cccc(OC(C)=O)c2)cc1. The van der Waals surface area contributed by atoms with Crippen molar-refractivity contribution in [3.63, 3.8) is 0 Å². The van der Waals surface area contributed by atoms with E-state index in [1.807, 2.05) is 13.8 Å². The van der Waals surface area contributed by atoms with Crippen LogP contribution in [0.5, 0.6) is 17.2 Å². The van der Waals surface area contributed by atoms with Crippen molar-refractivity contribution in [3.05, 3.63) is 89.5 Å². The van der Waals surface area contributed by atoms with E-state index in [1.165, 1.54) is 18.9 Å².